The number of ketones is 1. The minimum Gasteiger partial charge on any atom is -0.490 e. The maximum atomic E-state index is 14.3. The summed E-state index contributed by atoms with van der Waals surface area (Å²) < 4.78 is 32.8. The number of nitrogens with zero attached hydrogens (tertiary/aromatic N) is 1. The van der Waals surface area contributed by atoms with Crippen molar-refractivity contribution in [2.45, 2.75) is 64.4 Å². The van der Waals surface area contributed by atoms with Gasteiger partial charge in [0.05, 0.1) is 23.7 Å². The Morgan fingerprint density at radius 2 is 1.88 bits per heavy atom. The molecule has 2 atom stereocenters. The smallest absolute Gasteiger partial charge is 0.172 e. The van der Waals surface area contributed by atoms with Crippen LogP contribution in [0.1, 0.15) is 68.1 Å². The third kappa shape index (κ3) is 4.66. The lowest BCUT2D eigenvalue weighted by Gasteiger charge is -2.50. The van der Waals surface area contributed by atoms with E-state index in [4.69, 9.17) is 14.2 Å². The SMILES string of the molecule is CC(C)Oc1ccc(C(=O)C2[C@@H](OC(C)C)c3cc(F)ccc3OC23CCNCC3)cc1C#N. The molecule has 0 aromatic heterocycles. The number of carbonyl (C=O) groups excluding carboxylic acids is 1. The molecule has 1 N–H and O–H groups in total. The van der Waals surface area contributed by atoms with Crippen LogP contribution in [0.4, 0.5) is 4.39 Å². The van der Waals surface area contributed by atoms with Crippen LogP contribution >= 0.6 is 0 Å². The van der Waals surface area contributed by atoms with E-state index >= 15 is 0 Å². The predicted molar refractivity (Wildman–Crippen MR) is 126 cm³/mol. The molecule has 34 heavy (non-hydrogen) atoms. The van der Waals surface area contributed by atoms with Crippen molar-refractivity contribution < 1.29 is 23.4 Å². The maximum Gasteiger partial charge on any atom is 0.172 e. The zero-order valence-corrected chi connectivity index (χ0v) is 20.1. The summed E-state index contributed by atoms with van der Waals surface area (Å²) in [5.41, 5.74) is 0.420. The Balaban J connectivity index is 1.83. The second-order valence-corrected chi connectivity index (χ2v) is 9.54. The van der Waals surface area contributed by atoms with Crippen LogP contribution in [0.2, 0.25) is 0 Å². The molecule has 2 heterocycles. The van der Waals surface area contributed by atoms with Gasteiger partial charge < -0.3 is 19.5 Å². The van der Waals surface area contributed by atoms with Gasteiger partial charge in [-0.1, -0.05) is 0 Å². The standard InChI is InChI=1S/C27H31FN2O4/c1-16(2)32-22-7-5-18(13-19(22)15-29)25(31)24-26(33-17(3)4)21-14-20(28)6-8-23(21)34-27(24)9-11-30-12-10-27/h5-8,13-14,16-17,24,26,30H,9-12H2,1-4H3/t24?,26-/m0/s1. The Hall–Kier alpha value is -2.95. The monoisotopic (exact) mass is 466 g/mol. The van der Waals surface area contributed by atoms with Crippen molar-refractivity contribution in [2.24, 2.45) is 5.92 Å². The van der Waals surface area contributed by atoms with Crippen LogP contribution in [0.15, 0.2) is 36.4 Å². The fourth-order valence-corrected chi connectivity index (χ4v) is 4.96. The number of nitrogens with one attached hydrogen (secondary N) is 1. The minimum atomic E-state index is -0.799. The van der Waals surface area contributed by atoms with Crippen molar-refractivity contribution >= 4 is 5.78 Å². The normalized spacial score (nSPS) is 21.1. The summed E-state index contributed by atoms with van der Waals surface area (Å²) in [7, 11) is 0. The number of fused-ring (bicyclic) bond motifs is 1. The van der Waals surface area contributed by atoms with Crippen LogP contribution < -0.4 is 14.8 Å². The summed E-state index contributed by atoms with van der Waals surface area (Å²) in [4.78, 5) is 14.1. The van der Waals surface area contributed by atoms with Crippen LogP contribution in [0, 0.1) is 23.1 Å². The van der Waals surface area contributed by atoms with Crippen LogP contribution in [0.5, 0.6) is 11.5 Å². The van der Waals surface area contributed by atoms with E-state index in [-0.39, 0.29) is 18.0 Å². The van der Waals surface area contributed by atoms with Gasteiger partial charge >= 0.3 is 0 Å². The summed E-state index contributed by atoms with van der Waals surface area (Å²) in [5.74, 6) is -0.303. The lowest BCUT2D eigenvalue weighted by atomic mass is 9.69. The van der Waals surface area contributed by atoms with Gasteiger partial charge in [-0.25, -0.2) is 4.39 Å². The van der Waals surface area contributed by atoms with E-state index in [2.05, 4.69) is 11.4 Å². The highest BCUT2D eigenvalue weighted by atomic mass is 19.1. The number of Topliss-reactive ketones (excluding diaryl/α,β-unsaturated/α-hetero) is 1. The van der Waals surface area contributed by atoms with Gasteiger partial charge in [0.15, 0.2) is 5.78 Å². The number of nitriles is 1. The molecule has 1 fully saturated rings. The lowest BCUT2D eigenvalue weighted by Crippen LogP contribution is -2.58. The van der Waals surface area contributed by atoms with Gasteiger partial charge in [-0.05, 0) is 77.2 Å². The first-order valence-corrected chi connectivity index (χ1v) is 11.8. The third-order valence-electron chi connectivity index (χ3n) is 6.36. The summed E-state index contributed by atoms with van der Waals surface area (Å²) >= 11 is 0. The van der Waals surface area contributed by atoms with Gasteiger partial charge in [0.25, 0.3) is 0 Å². The summed E-state index contributed by atoms with van der Waals surface area (Å²) in [5, 5.41) is 13.0. The summed E-state index contributed by atoms with van der Waals surface area (Å²) in [6.45, 7) is 8.95. The van der Waals surface area contributed by atoms with Crippen molar-refractivity contribution in [1.29, 1.82) is 5.26 Å². The zero-order valence-electron chi connectivity index (χ0n) is 20.1. The van der Waals surface area contributed by atoms with Crippen LogP contribution in [0.3, 0.4) is 0 Å². The Labute approximate surface area is 200 Å². The number of halogens is 1. The van der Waals surface area contributed by atoms with Crippen molar-refractivity contribution in [2.75, 3.05) is 13.1 Å². The Morgan fingerprint density at radius 3 is 2.53 bits per heavy atom. The van der Waals surface area contributed by atoms with E-state index < -0.39 is 23.4 Å². The lowest BCUT2D eigenvalue weighted by molar-refractivity contribution is -0.114. The molecule has 2 aromatic rings. The average molecular weight is 467 g/mol. The predicted octanol–water partition coefficient (Wildman–Crippen LogP) is 4.96. The maximum absolute atomic E-state index is 14.3. The van der Waals surface area contributed by atoms with Gasteiger partial charge in [0, 0.05) is 24.0 Å². The number of benzene rings is 2. The molecule has 6 nitrogen and oxygen atoms in total. The molecular weight excluding hydrogens is 435 g/mol. The molecule has 2 aliphatic heterocycles. The highest BCUT2D eigenvalue weighted by Crippen LogP contribution is 2.51. The molecule has 4 rings (SSSR count). The van der Waals surface area contributed by atoms with Gasteiger partial charge in [-0.2, -0.15) is 5.26 Å². The number of rotatable bonds is 6. The molecule has 7 heteroatoms. The van der Waals surface area contributed by atoms with E-state index in [0.717, 1.165) is 0 Å². The molecule has 1 spiro atoms. The first-order chi connectivity index (χ1) is 16.2. The van der Waals surface area contributed by atoms with Crippen molar-refractivity contribution in [3.05, 3.63) is 58.9 Å². The van der Waals surface area contributed by atoms with E-state index in [9.17, 15) is 14.4 Å². The van der Waals surface area contributed by atoms with Crippen molar-refractivity contribution in [1.82, 2.24) is 5.32 Å². The number of hydrogen-bond acceptors (Lipinski definition) is 6. The largest absolute Gasteiger partial charge is 0.490 e. The number of carbonyl (C=O) groups is 1. The molecule has 1 saturated heterocycles. The van der Waals surface area contributed by atoms with Gasteiger partial charge in [0.2, 0.25) is 0 Å². The zero-order chi connectivity index (χ0) is 24.5. The summed E-state index contributed by atoms with van der Waals surface area (Å²) in [6.07, 6.45) is 0.246. The molecule has 2 aromatic carbocycles. The fourth-order valence-electron chi connectivity index (χ4n) is 4.96. The van der Waals surface area contributed by atoms with Crippen molar-refractivity contribution in [3.63, 3.8) is 0 Å². The molecule has 0 amide bonds. The molecule has 1 unspecified atom stereocenters. The highest BCUT2D eigenvalue weighted by molar-refractivity contribution is 6.00. The number of ether oxygens (including phenoxy) is 3. The molecule has 0 saturated carbocycles. The van der Waals surface area contributed by atoms with Crippen LogP contribution in [-0.2, 0) is 4.74 Å². The number of hydrogen-bond donors (Lipinski definition) is 1. The Morgan fingerprint density at radius 1 is 1.15 bits per heavy atom. The summed E-state index contributed by atoms with van der Waals surface area (Å²) in [6, 6.07) is 11.4. The molecule has 180 valence electrons. The topological polar surface area (TPSA) is 80.6 Å². The molecular formula is C27H31FN2O4. The molecule has 0 radical (unpaired) electrons. The van der Waals surface area contributed by atoms with E-state index in [1.54, 1.807) is 24.3 Å². The highest BCUT2D eigenvalue weighted by Gasteiger charge is 2.54. The molecule has 2 aliphatic rings. The second kappa shape index (κ2) is 9.73. The number of piperidine rings is 1. The first-order valence-electron chi connectivity index (χ1n) is 11.8. The second-order valence-electron chi connectivity index (χ2n) is 9.54. The first kappa shape index (κ1) is 24.2. The quantitative estimate of drug-likeness (QED) is 0.606. The Kier molecular flexibility index (Phi) is 6.92. The van der Waals surface area contributed by atoms with Crippen molar-refractivity contribution in [3.8, 4) is 17.6 Å². The minimum absolute atomic E-state index is 0.103. The van der Waals surface area contributed by atoms with Crippen LogP contribution in [-0.4, -0.2) is 36.7 Å². The van der Waals surface area contributed by atoms with Crippen LogP contribution in [0.25, 0.3) is 0 Å². The van der Waals surface area contributed by atoms with Gasteiger partial charge in [-0.3, -0.25) is 4.79 Å². The van der Waals surface area contributed by atoms with E-state index in [0.29, 0.717) is 54.1 Å². The fraction of sp³-hybridized carbons (Fsp3) is 0.481. The Bertz CT molecular complexity index is 1100. The molecule has 0 aliphatic carbocycles. The van der Waals surface area contributed by atoms with E-state index in [1.165, 1.54) is 12.1 Å². The molecule has 0 bridgehead atoms. The van der Waals surface area contributed by atoms with Gasteiger partial charge in [-0.15, -0.1) is 0 Å². The van der Waals surface area contributed by atoms with E-state index in [1.807, 2.05) is 27.7 Å². The third-order valence-corrected chi connectivity index (χ3v) is 6.36. The average Bonchev–Trinajstić information content (AvgIpc) is 2.79. The van der Waals surface area contributed by atoms with Gasteiger partial charge in [0.1, 0.15) is 35.1 Å².